The minimum absolute atomic E-state index is 0.00442. The van der Waals surface area contributed by atoms with Gasteiger partial charge in [0.1, 0.15) is 11.6 Å². The molecule has 1 N–H and O–H groups in total. The number of hydrazone groups is 1. The van der Waals surface area contributed by atoms with E-state index in [4.69, 9.17) is 9.47 Å². The van der Waals surface area contributed by atoms with Gasteiger partial charge >= 0.3 is 5.97 Å². The minimum Gasteiger partial charge on any atom is -0.461 e. The number of carbonyl (C=O) groups excluding carboxylic acids is 1. The van der Waals surface area contributed by atoms with Crippen LogP contribution in [0.25, 0.3) is 0 Å². The molecular formula is C22H25F2N3O3. The molecule has 2 heterocycles. The van der Waals surface area contributed by atoms with Crippen LogP contribution in [-0.2, 0) is 14.3 Å². The maximum Gasteiger partial charge on any atom is 0.355 e. The quantitative estimate of drug-likeness (QED) is 0.775. The lowest BCUT2D eigenvalue weighted by molar-refractivity contribution is -0.135. The zero-order valence-corrected chi connectivity index (χ0v) is 16.8. The van der Waals surface area contributed by atoms with Crippen LogP contribution < -0.4 is 10.3 Å². The molecule has 0 bridgehead atoms. The van der Waals surface area contributed by atoms with Crippen LogP contribution in [0.1, 0.15) is 18.4 Å². The first-order chi connectivity index (χ1) is 14.6. The molecule has 8 heteroatoms. The van der Waals surface area contributed by atoms with Gasteiger partial charge in [-0.3, -0.25) is 5.01 Å². The molecule has 4 rings (SSSR count). The molecule has 30 heavy (non-hydrogen) atoms. The lowest BCUT2D eigenvalue weighted by Crippen LogP contribution is -2.30. The Bertz CT molecular complexity index is 862. The fourth-order valence-corrected chi connectivity index (χ4v) is 3.19. The van der Waals surface area contributed by atoms with Gasteiger partial charge in [-0.05, 0) is 24.6 Å². The van der Waals surface area contributed by atoms with E-state index >= 15 is 0 Å². The second-order valence-electron chi connectivity index (χ2n) is 6.71. The summed E-state index contributed by atoms with van der Waals surface area (Å²) < 4.78 is 37.6. The van der Waals surface area contributed by atoms with E-state index in [1.165, 1.54) is 5.01 Å². The van der Waals surface area contributed by atoms with Crippen molar-refractivity contribution in [3.8, 4) is 0 Å². The number of rotatable bonds is 4. The maximum atomic E-state index is 14.0. The molecule has 0 amide bonds. The summed E-state index contributed by atoms with van der Waals surface area (Å²) in [5.74, 6) is -2.09. The Kier molecular flexibility index (Phi) is 7.87. The van der Waals surface area contributed by atoms with Gasteiger partial charge in [0.05, 0.1) is 38.0 Å². The van der Waals surface area contributed by atoms with Crippen molar-refractivity contribution in [1.29, 1.82) is 0 Å². The standard InChI is InChI=1S/C18H16F2N2O2.C4H9NO/c1-2-24-18(23)17-14(12-6-4-3-5-7-12)11-22(21-17)16-10-13(19)8-9-15(16)20;1-3-6-4-2-5-1/h3-10,14H,2,11H2,1H3;5H,1-4H2. The summed E-state index contributed by atoms with van der Waals surface area (Å²) in [4.78, 5) is 12.2. The summed E-state index contributed by atoms with van der Waals surface area (Å²) in [5, 5.41) is 8.67. The number of morpholine rings is 1. The highest BCUT2D eigenvalue weighted by molar-refractivity contribution is 6.39. The number of benzene rings is 2. The van der Waals surface area contributed by atoms with Crippen molar-refractivity contribution in [3.05, 3.63) is 65.7 Å². The van der Waals surface area contributed by atoms with Gasteiger partial charge < -0.3 is 14.8 Å². The van der Waals surface area contributed by atoms with Gasteiger partial charge in [-0.25, -0.2) is 13.6 Å². The lowest BCUT2D eigenvalue weighted by Gasteiger charge is -2.17. The third-order valence-corrected chi connectivity index (χ3v) is 4.63. The van der Waals surface area contributed by atoms with E-state index in [1.807, 2.05) is 30.3 Å². The van der Waals surface area contributed by atoms with Gasteiger partial charge in [0.15, 0.2) is 5.71 Å². The minimum atomic E-state index is -0.600. The second-order valence-corrected chi connectivity index (χ2v) is 6.71. The fourth-order valence-electron chi connectivity index (χ4n) is 3.19. The Labute approximate surface area is 174 Å². The van der Waals surface area contributed by atoms with Gasteiger partial charge in [-0.2, -0.15) is 5.10 Å². The number of nitrogens with one attached hydrogen (secondary N) is 1. The Morgan fingerprint density at radius 1 is 1.20 bits per heavy atom. The van der Waals surface area contributed by atoms with Crippen molar-refractivity contribution in [2.45, 2.75) is 12.8 Å². The number of nitrogens with zero attached hydrogens (tertiary/aromatic N) is 2. The van der Waals surface area contributed by atoms with Crippen molar-refractivity contribution >= 4 is 17.4 Å². The molecule has 0 aromatic heterocycles. The predicted octanol–water partition coefficient (Wildman–Crippen LogP) is 3.09. The van der Waals surface area contributed by atoms with Crippen LogP contribution in [0.2, 0.25) is 0 Å². The number of carbonyl (C=O) groups is 1. The molecular weight excluding hydrogens is 392 g/mol. The fraction of sp³-hybridized carbons (Fsp3) is 0.364. The predicted molar refractivity (Wildman–Crippen MR) is 111 cm³/mol. The van der Waals surface area contributed by atoms with Gasteiger partial charge in [0.25, 0.3) is 0 Å². The first-order valence-electron chi connectivity index (χ1n) is 9.91. The van der Waals surface area contributed by atoms with Crippen LogP contribution in [0.4, 0.5) is 14.5 Å². The topological polar surface area (TPSA) is 63.2 Å². The monoisotopic (exact) mass is 417 g/mol. The van der Waals surface area contributed by atoms with Crippen LogP contribution in [0.15, 0.2) is 53.6 Å². The van der Waals surface area contributed by atoms with Gasteiger partial charge in [-0.15, -0.1) is 0 Å². The molecule has 0 radical (unpaired) electrons. The van der Waals surface area contributed by atoms with Gasteiger partial charge in [0, 0.05) is 19.2 Å². The first-order valence-corrected chi connectivity index (χ1v) is 9.91. The lowest BCUT2D eigenvalue weighted by atomic mass is 9.95. The molecule has 1 unspecified atom stereocenters. The van der Waals surface area contributed by atoms with Crippen LogP contribution in [0, 0.1) is 11.6 Å². The summed E-state index contributed by atoms with van der Waals surface area (Å²) in [5.41, 5.74) is 1.05. The molecule has 2 aliphatic rings. The molecule has 1 saturated heterocycles. The number of anilines is 1. The molecule has 6 nitrogen and oxygen atoms in total. The van der Waals surface area contributed by atoms with Crippen LogP contribution in [-0.4, -0.2) is 51.1 Å². The summed E-state index contributed by atoms with van der Waals surface area (Å²) >= 11 is 0. The second kappa shape index (κ2) is 10.8. The maximum absolute atomic E-state index is 14.0. The zero-order valence-electron chi connectivity index (χ0n) is 16.8. The van der Waals surface area contributed by atoms with Crippen LogP contribution in [0.5, 0.6) is 0 Å². The summed E-state index contributed by atoms with van der Waals surface area (Å²) in [7, 11) is 0. The van der Waals surface area contributed by atoms with E-state index in [1.54, 1.807) is 6.92 Å². The van der Waals surface area contributed by atoms with E-state index in [-0.39, 0.29) is 30.5 Å². The largest absolute Gasteiger partial charge is 0.461 e. The average Bonchev–Trinajstić information content (AvgIpc) is 3.23. The normalized spacial score (nSPS) is 18.3. The average molecular weight is 417 g/mol. The number of hydrogen-bond acceptors (Lipinski definition) is 6. The highest BCUT2D eigenvalue weighted by atomic mass is 19.1. The molecule has 0 saturated carbocycles. The van der Waals surface area contributed by atoms with E-state index in [9.17, 15) is 13.6 Å². The smallest absolute Gasteiger partial charge is 0.355 e. The van der Waals surface area contributed by atoms with E-state index in [0.717, 1.165) is 50.1 Å². The van der Waals surface area contributed by atoms with Gasteiger partial charge in [0.2, 0.25) is 0 Å². The van der Waals surface area contributed by atoms with E-state index in [0.29, 0.717) is 0 Å². The molecule has 1 atom stereocenters. The molecule has 2 aromatic rings. The van der Waals surface area contributed by atoms with Crippen molar-refractivity contribution in [2.24, 2.45) is 5.10 Å². The molecule has 160 valence electrons. The van der Waals surface area contributed by atoms with E-state index in [2.05, 4.69) is 10.4 Å². The Balaban J connectivity index is 0.000000367. The highest BCUT2D eigenvalue weighted by Crippen LogP contribution is 2.31. The Morgan fingerprint density at radius 3 is 2.53 bits per heavy atom. The van der Waals surface area contributed by atoms with Crippen LogP contribution >= 0.6 is 0 Å². The Morgan fingerprint density at radius 2 is 1.93 bits per heavy atom. The molecule has 0 aliphatic carbocycles. The number of esters is 1. The Hall–Kier alpha value is -2.84. The summed E-state index contributed by atoms with van der Waals surface area (Å²) in [6.45, 7) is 5.99. The van der Waals surface area contributed by atoms with Gasteiger partial charge in [-0.1, -0.05) is 30.3 Å². The van der Waals surface area contributed by atoms with E-state index < -0.39 is 17.6 Å². The molecule has 0 spiro atoms. The number of halogens is 2. The summed E-state index contributed by atoms with van der Waals surface area (Å²) in [6.07, 6.45) is 0. The number of ether oxygens (including phenoxy) is 2. The number of hydrogen-bond donors (Lipinski definition) is 1. The summed E-state index contributed by atoms with van der Waals surface area (Å²) in [6, 6.07) is 12.4. The third-order valence-electron chi connectivity index (χ3n) is 4.63. The van der Waals surface area contributed by atoms with Crippen LogP contribution in [0.3, 0.4) is 0 Å². The zero-order chi connectivity index (χ0) is 21.3. The van der Waals surface area contributed by atoms with Crippen molar-refractivity contribution in [3.63, 3.8) is 0 Å². The highest BCUT2D eigenvalue weighted by Gasteiger charge is 2.35. The SMILES string of the molecule is C1COCCN1.CCOC(=O)C1=NN(c2cc(F)ccc2F)CC1c1ccccc1. The van der Waals surface area contributed by atoms with Crippen molar-refractivity contribution in [1.82, 2.24) is 5.32 Å². The molecule has 2 aromatic carbocycles. The first kappa shape index (κ1) is 21.9. The third kappa shape index (κ3) is 5.61. The van der Waals surface area contributed by atoms with Crippen molar-refractivity contribution in [2.75, 3.05) is 44.5 Å². The van der Waals surface area contributed by atoms with Crippen molar-refractivity contribution < 1.29 is 23.0 Å². The molecule has 2 aliphatic heterocycles. The molecule has 1 fully saturated rings.